The minimum absolute atomic E-state index is 0.0997. The van der Waals surface area contributed by atoms with Crippen molar-refractivity contribution in [1.82, 2.24) is 4.90 Å². The van der Waals surface area contributed by atoms with Crippen molar-refractivity contribution in [3.8, 4) is 5.75 Å². The fourth-order valence-electron chi connectivity index (χ4n) is 2.55. The SMILES string of the molecule is COC[C@@H]1CN(C(=O)COc2ccc(F)cc2)C[C@H]1C(N)=O. The number of ether oxygens (including phenoxy) is 2. The molecule has 1 saturated heterocycles. The molecule has 1 aliphatic heterocycles. The van der Waals surface area contributed by atoms with Gasteiger partial charge in [0.2, 0.25) is 5.91 Å². The molecule has 1 aromatic carbocycles. The van der Waals surface area contributed by atoms with Crippen molar-refractivity contribution in [2.45, 2.75) is 0 Å². The Morgan fingerprint density at radius 1 is 1.32 bits per heavy atom. The first-order valence-electron chi connectivity index (χ1n) is 6.95. The van der Waals surface area contributed by atoms with Crippen LogP contribution in [-0.2, 0) is 14.3 Å². The van der Waals surface area contributed by atoms with E-state index in [2.05, 4.69) is 0 Å². The van der Waals surface area contributed by atoms with Gasteiger partial charge in [0.05, 0.1) is 12.5 Å². The Morgan fingerprint density at radius 2 is 2.00 bits per heavy atom. The lowest BCUT2D eigenvalue weighted by atomic mass is 9.96. The van der Waals surface area contributed by atoms with E-state index >= 15 is 0 Å². The van der Waals surface area contributed by atoms with E-state index < -0.39 is 11.8 Å². The van der Waals surface area contributed by atoms with Crippen LogP contribution in [0.4, 0.5) is 4.39 Å². The van der Waals surface area contributed by atoms with Gasteiger partial charge >= 0.3 is 0 Å². The number of nitrogens with zero attached hydrogens (tertiary/aromatic N) is 1. The van der Waals surface area contributed by atoms with E-state index in [0.717, 1.165) is 0 Å². The highest BCUT2D eigenvalue weighted by Gasteiger charge is 2.38. The molecule has 1 heterocycles. The number of benzene rings is 1. The average Bonchev–Trinajstić information content (AvgIpc) is 2.91. The average molecular weight is 310 g/mol. The molecule has 22 heavy (non-hydrogen) atoms. The quantitative estimate of drug-likeness (QED) is 0.825. The summed E-state index contributed by atoms with van der Waals surface area (Å²) in [6.45, 7) is 0.884. The van der Waals surface area contributed by atoms with Gasteiger partial charge in [0.1, 0.15) is 11.6 Å². The van der Waals surface area contributed by atoms with Crippen LogP contribution in [0.5, 0.6) is 5.75 Å². The summed E-state index contributed by atoms with van der Waals surface area (Å²) >= 11 is 0. The lowest BCUT2D eigenvalue weighted by Crippen LogP contribution is -2.34. The molecule has 120 valence electrons. The number of methoxy groups -OCH3 is 1. The van der Waals surface area contributed by atoms with Crippen LogP contribution < -0.4 is 10.5 Å². The molecule has 6 nitrogen and oxygen atoms in total. The van der Waals surface area contributed by atoms with Gasteiger partial charge < -0.3 is 20.1 Å². The molecule has 0 spiro atoms. The first kappa shape index (κ1) is 16.2. The Kier molecular flexibility index (Phi) is 5.32. The van der Waals surface area contributed by atoms with Crippen molar-refractivity contribution >= 4 is 11.8 Å². The predicted molar refractivity (Wildman–Crippen MR) is 76.5 cm³/mol. The highest BCUT2D eigenvalue weighted by molar-refractivity contribution is 5.82. The number of carbonyl (C=O) groups excluding carboxylic acids is 2. The third-order valence-corrected chi connectivity index (χ3v) is 3.72. The maximum atomic E-state index is 12.8. The van der Waals surface area contributed by atoms with Crippen molar-refractivity contribution < 1.29 is 23.5 Å². The molecule has 0 radical (unpaired) electrons. The molecule has 1 aliphatic rings. The van der Waals surface area contributed by atoms with Crippen molar-refractivity contribution in [1.29, 1.82) is 0 Å². The molecular weight excluding hydrogens is 291 g/mol. The van der Waals surface area contributed by atoms with Gasteiger partial charge in [-0.05, 0) is 24.3 Å². The number of rotatable bonds is 6. The second-order valence-electron chi connectivity index (χ2n) is 5.27. The van der Waals surface area contributed by atoms with Crippen LogP contribution in [-0.4, -0.2) is 50.1 Å². The van der Waals surface area contributed by atoms with Crippen molar-refractivity contribution in [2.75, 3.05) is 33.4 Å². The van der Waals surface area contributed by atoms with Gasteiger partial charge in [0.25, 0.3) is 5.91 Å². The number of nitrogens with two attached hydrogens (primary N) is 1. The Balaban J connectivity index is 1.90. The van der Waals surface area contributed by atoms with Gasteiger partial charge in [-0.15, -0.1) is 0 Å². The van der Waals surface area contributed by atoms with Crippen molar-refractivity contribution in [3.05, 3.63) is 30.1 Å². The van der Waals surface area contributed by atoms with Crippen LogP contribution in [0, 0.1) is 17.7 Å². The van der Waals surface area contributed by atoms with E-state index in [1.54, 1.807) is 12.0 Å². The molecule has 0 aromatic heterocycles. The van der Waals surface area contributed by atoms with Crippen LogP contribution in [0.1, 0.15) is 0 Å². The third-order valence-electron chi connectivity index (χ3n) is 3.72. The molecule has 0 unspecified atom stereocenters. The van der Waals surface area contributed by atoms with Gasteiger partial charge in [0, 0.05) is 26.1 Å². The highest BCUT2D eigenvalue weighted by Crippen LogP contribution is 2.23. The zero-order chi connectivity index (χ0) is 16.1. The topological polar surface area (TPSA) is 81.9 Å². The smallest absolute Gasteiger partial charge is 0.260 e. The number of likely N-dealkylation sites (tertiary alicyclic amines) is 1. The van der Waals surface area contributed by atoms with Gasteiger partial charge in [0.15, 0.2) is 6.61 Å². The minimum atomic E-state index is -0.434. The van der Waals surface area contributed by atoms with Crippen LogP contribution in [0.2, 0.25) is 0 Å². The minimum Gasteiger partial charge on any atom is -0.484 e. The molecule has 1 aromatic rings. The molecule has 2 atom stereocenters. The molecule has 2 amide bonds. The number of carbonyl (C=O) groups is 2. The van der Waals surface area contributed by atoms with Crippen molar-refractivity contribution in [2.24, 2.45) is 17.6 Å². The van der Waals surface area contributed by atoms with Gasteiger partial charge in [-0.1, -0.05) is 0 Å². The fraction of sp³-hybridized carbons (Fsp3) is 0.467. The molecule has 1 fully saturated rings. The third kappa shape index (κ3) is 3.94. The molecule has 0 saturated carbocycles. The van der Waals surface area contributed by atoms with Gasteiger partial charge in [-0.3, -0.25) is 9.59 Å². The monoisotopic (exact) mass is 310 g/mol. The Labute approximate surface area is 128 Å². The van der Waals surface area contributed by atoms with Crippen LogP contribution in [0.3, 0.4) is 0 Å². The molecular formula is C15H19FN2O4. The first-order chi connectivity index (χ1) is 10.5. The van der Waals surface area contributed by atoms with E-state index in [0.29, 0.717) is 18.9 Å². The molecule has 0 bridgehead atoms. The Morgan fingerprint density at radius 3 is 2.59 bits per heavy atom. The molecule has 2 rings (SSSR count). The summed E-state index contributed by atoms with van der Waals surface area (Å²) < 4.78 is 23.2. The predicted octanol–water partition coefficient (Wildman–Crippen LogP) is 0.411. The first-order valence-corrected chi connectivity index (χ1v) is 6.95. The van der Waals surface area contributed by atoms with E-state index in [-0.39, 0.29) is 30.8 Å². The molecule has 7 heteroatoms. The number of primary amides is 1. The maximum Gasteiger partial charge on any atom is 0.260 e. The summed E-state index contributed by atoms with van der Waals surface area (Å²) in [5, 5.41) is 0. The second kappa shape index (κ2) is 7.22. The van der Waals surface area contributed by atoms with E-state index in [1.807, 2.05) is 0 Å². The Bertz CT molecular complexity index is 535. The highest BCUT2D eigenvalue weighted by atomic mass is 19.1. The normalized spacial score (nSPS) is 20.9. The summed E-state index contributed by atoms with van der Waals surface area (Å²) in [7, 11) is 1.54. The van der Waals surface area contributed by atoms with E-state index in [4.69, 9.17) is 15.2 Å². The number of halogens is 1. The fourth-order valence-corrected chi connectivity index (χ4v) is 2.55. The lowest BCUT2D eigenvalue weighted by Gasteiger charge is -2.16. The van der Waals surface area contributed by atoms with Crippen LogP contribution in [0.25, 0.3) is 0 Å². The summed E-state index contributed by atoms with van der Waals surface area (Å²) in [5.41, 5.74) is 5.36. The summed E-state index contributed by atoms with van der Waals surface area (Å²) in [5.74, 6) is -1.14. The lowest BCUT2D eigenvalue weighted by molar-refractivity contribution is -0.132. The summed E-state index contributed by atoms with van der Waals surface area (Å²) in [4.78, 5) is 25.1. The van der Waals surface area contributed by atoms with E-state index in [9.17, 15) is 14.0 Å². The zero-order valence-corrected chi connectivity index (χ0v) is 12.3. The maximum absolute atomic E-state index is 12.8. The molecule has 2 N–H and O–H groups in total. The van der Waals surface area contributed by atoms with Crippen LogP contribution in [0.15, 0.2) is 24.3 Å². The largest absolute Gasteiger partial charge is 0.484 e. The Hall–Kier alpha value is -2.15. The standard InChI is InChI=1S/C15H19FN2O4/c1-21-8-10-6-18(7-13(10)15(17)20)14(19)9-22-12-4-2-11(16)3-5-12/h2-5,10,13H,6-9H2,1H3,(H2,17,20)/t10-,13+/m0/s1. The van der Waals surface area contributed by atoms with E-state index in [1.165, 1.54) is 24.3 Å². The van der Waals surface area contributed by atoms with Gasteiger partial charge in [-0.2, -0.15) is 0 Å². The second-order valence-corrected chi connectivity index (χ2v) is 5.27. The summed E-state index contributed by atoms with van der Waals surface area (Å²) in [6.07, 6.45) is 0. The number of hydrogen-bond donors (Lipinski definition) is 1. The summed E-state index contributed by atoms with van der Waals surface area (Å²) in [6, 6.07) is 5.42. The number of hydrogen-bond acceptors (Lipinski definition) is 4. The zero-order valence-electron chi connectivity index (χ0n) is 12.3. The van der Waals surface area contributed by atoms with Crippen molar-refractivity contribution in [3.63, 3.8) is 0 Å². The van der Waals surface area contributed by atoms with Gasteiger partial charge in [-0.25, -0.2) is 4.39 Å². The van der Waals surface area contributed by atoms with Crippen LogP contribution >= 0.6 is 0 Å². The molecule has 0 aliphatic carbocycles. The number of amides is 2.